The van der Waals surface area contributed by atoms with E-state index in [0.29, 0.717) is 5.69 Å². The van der Waals surface area contributed by atoms with Gasteiger partial charge in [-0.25, -0.2) is 0 Å². The third-order valence-corrected chi connectivity index (χ3v) is 1.93. The number of benzene rings is 2. The first-order valence-electron chi connectivity index (χ1n) is 4.15. The largest absolute Gasteiger partial charge is 2.00 e. The number of hydrogen-bond donors (Lipinski definition) is 0. The van der Waals surface area contributed by atoms with Gasteiger partial charge in [0.25, 0.3) is 0 Å². The molecule has 2 rings (SSSR count). The topological polar surface area (TPSA) is 23.8 Å². The van der Waals surface area contributed by atoms with Crippen LogP contribution < -0.4 is 0 Å². The molecule has 2 aromatic rings. The van der Waals surface area contributed by atoms with Crippen molar-refractivity contribution in [2.75, 3.05) is 0 Å². The third-order valence-electron chi connectivity index (χ3n) is 1.93. The summed E-state index contributed by atoms with van der Waals surface area (Å²) in [5.74, 6) is 0. The monoisotopic (exact) mass is 273 g/mol. The Morgan fingerprint density at radius 1 is 0.929 bits per heavy atom. The van der Waals surface area contributed by atoms with E-state index in [1.165, 1.54) is 0 Å². The zero-order valence-electron chi connectivity index (χ0n) is 7.44. The van der Waals surface area contributed by atoms with E-state index >= 15 is 0 Å². The maximum atomic E-state index is 7.69. The molecule has 0 radical (unpaired) electrons. The van der Waals surface area contributed by atoms with E-state index in [0.717, 1.165) is 11.1 Å². The van der Waals surface area contributed by atoms with E-state index in [-0.39, 0.29) is 20.4 Å². The maximum absolute atomic E-state index is 7.69. The number of nitrogens with one attached hydrogen (secondary N) is 1. The van der Waals surface area contributed by atoms with E-state index in [2.05, 4.69) is 6.07 Å². The molecule has 0 aromatic heterocycles. The van der Waals surface area contributed by atoms with Crippen molar-refractivity contribution in [2.24, 2.45) is 0 Å². The van der Waals surface area contributed by atoms with Gasteiger partial charge in [0.15, 0.2) is 0 Å². The average Bonchev–Trinajstić information content (AvgIpc) is 2.20. The first-order valence-corrected chi connectivity index (χ1v) is 4.15. The summed E-state index contributed by atoms with van der Waals surface area (Å²) < 4.78 is 0. The Morgan fingerprint density at radius 2 is 1.64 bits per heavy atom. The molecule has 0 aliphatic heterocycles. The molecule has 2 aromatic carbocycles. The van der Waals surface area contributed by atoms with Crippen LogP contribution in [0, 0.1) is 6.07 Å². The minimum Gasteiger partial charge on any atom is -0.706 e. The van der Waals surface area contributed by atoms with Crippen LogP contribution in [0.4, 0.5) is 5.69 Å². The van der Waals surface area contributed by atoms with Crippen LogP contribution in [-0.2, 0) is 20.4 Å². The molecular formula is C12H9NPd. The summed E-state index contributed by atoms with van der Waals surface area (Å²) in [6.45, 7) is 0. The summed E-state index contributed by atoms with van der Waals surface area (Å²) in [4.78, 5) is 0. The van der Waals surface area contributed by atoms with Gasteiger partial charge in [-0.2, -0.15) is 5.69 Å². The molecule has 14 heavy (non-hydrogen) atoms. The molecule has 0 heterocycles. The minimum atomic E-state index is 0. The first kappa shape index (κ1) is 11.0. The molecule has 0 aliphatic carbocycles. The van der Waals surface area contributed by atoms with Gasteiger partial charge in [-0.1, -0.05) is 24.3 Å². The average molecular weight is 274 g/mol. The second-order valence-electron chi connectivity index (χ2n) is 2.82. The Bertz CT molecular complexity index is 398. The van der Waals surface area contributed by atoms with Gasteiger partial charge < -0.3 is 5.73 Å². The van der Waals surface area contributed by atoms with Crippen molar-refractivity contribution in [3.05, 3.63) is 60.3 Å². The fourth-order valence-electron chi connectivity index (χ4n) is 1.28. The van der Waals surface area contributed by atoms with E-state index in [4.69, 9.17) is 5.73 Å². The quantitative estimate of drug-likeness (QED) is 0.557. The molecule has 0 fully saturated rings. The van der Waals surface area contributed by atoms with Gasteiger partial charge in [-0.15, -0.1) is 41.5 Å². The van der Waals surface area contributed by atoms with Crippen LogP contribution in [0.15, 0.2) is 48.5 Å². The van der Waals surface area contributed by atoms with E-state index in [1.807, 2.05) is 42.5 Å². The fourth-order valence-corrected chi connectivity index (χ4v) is 1.28. The van der Waals surface area contributed by atoms with Gasteiger partial charge in [0.1, 0.15) is 0 Å². The van der Waals surface area contributed by atoms with Crippen LogP contribution in [0.25, 0.3) is 16.9 Å². The van der Waals surface area contributed by atoms with Gasteiger partial charge in [0.05, 0.1) is 0 Å². The van der Waals surface area contributed by atoms with Gasteiger partial charge >= 0.3 is 20.4 Å². The number of hydrogen-bond acceptors (Lipinski definition) is 0. The van der Waals surface area contributed by atoms with Crippen molar-refractivity contribution in [1.82, 2.24) is 0 Å². The van der Waals surface area contributed by atoms with Crippen LogP contribution >= 0.6 is 0 Å². The Hall–Kier alpha value is -1.10. The van der Waals surface area contributed by atoms with Crippen LogP contribution in [0.5, 0.6) is 0 Å². The Labute approximate surface area is 97.6 Å². The maximum Gasteiger partial charge on any atom is 2.00 e. The molecule has 0 saturated carbocycles. The fraction of sp³-hybridized carbons (Fsp3) is 0. The molecule has 0 amide bonds. The molecule has 1 N–H and O–H groups in total. The Kier molecular flexibility index (Phi) is 3.88. The van der Waals surface area contributed by atoms with Crippen molar-refractivity contribution in [2.45, 2.75) is 0 Å². The third kappa shape index (κ3) is 2.23. The molecule has 0 atom stereocenters. The molecule has 2 heteroatoms. The zero-order chi connectivity index (χ0) is 9.10. The summed E-state index contributed by atoms with van der Waals surface area (Å²) >= 11 is 0. The van der Waals surface area contributed by atoms with E-state index in [9.17, 15) is 0 Å². The molecular weight excluding hydrogens is 265 g/mol. The van der Waals surface area contributed by atoms with Crippen LogP contribution in [-0.4, -0.2) is 0 Å². The predicted molar refractivity (Wildman–Crippen MR) is 54.7 cm³/mol. The molecule has 0 saturated heterocycles. The number of rotatable bonds is 1. The van der Waals surface area contributed by atoms with Crippen molar-refractivity contribution in [3.63, 3.8) is 0 Å². The summed E-state index contributed by atoms with van der Waals surface area (Å²) in [5.41, 5.74) is 10.1. The molecule has 0 spiro atoms. The van der Waals surface area contributed by atoms with E-state index < -0.39 is 0 Å². The smallest absolute Gasteiger partial charge is 0.706 e. The van der Waals surface area contributed by atoms with Crippen molar-refractivity contribution >= 4 is 5.69 Å². The Morgan fingerprint density at radius 3 is 2.29 bits per heavy atom. The van der Waals surface area contributed by atoms with Crippen molar-refractivity contribution in [3.8, 4) is 11.1 Å². The normalized spacial score (nSPS) is 9.14. The zero-order valence-corrected chi connectivity index (χ0v) is 8.99. The molecule has 0 unspecified atom stereocenters. The van der Waals surface area contributed by atoms with Crippen LogP contribution in [0.1, 0.15) is 0 Å². The van der Waals surface area contributed by atoms with Gasteiger partial charge in [0.2, 0.25) is 0 Å². The van der Waals surface area contributed by atoms with Gasteiger partial charge in [-0.3, -0.25) is 0 Å². The van der Waals surface area contributed by atoms with Crippen molar-refractivity contribution < 1.29 is 20.4 Å². The van der Waals surface area contributed by atoms with Crippen LogP contribution in [0.3, 0.4) is 0 Å². The molecule has 0 bridgehead atoms. The van der Waals surface area contributed by atoms with E-state index in [1.54, 1.807) is 6.07 Å². The SMILES string of the molecule is [NH-]c1ccccc1-c1[c-]cccc1.[Pd+2]. The molecule has 0 aliphatic rings. The standard InChI is InChI=1S/C12H9N.Pd/c13-12-9-5-4-8-11(12)10-6-2-1-3-7-10;/h1-6,8-9,13H;/q-2;+2. The summed E-state index contributed by atoms with van der Waals surface area (Å²) in [6, 6.07) is 18.4. The Balaban J connectivity index is 0.000000980. The summed E-state index contributed by atoms with van der Waals surface area (Å²) in [5, 5.41) is 0. The molecule has 1 nitrogen and oxygen atoms in total. The predicted octanol–water partition coefficient (Wildman–Crippen LogP) is 3.83. The summed E-state index contributed by atoms with van der Waals surface area (Å²) in [6.07, 6.45) is 0. The van der Waals surface area contributed by atoms with Gasteiger partial charge in [0, 0.05) is 0 Å². The second kappa shape index (κ2) is 4.95. The summed E-state index contributed by atoms with van der Waals surface area (Å²) in [7, 11) is 0. The minimum absolute atomic E-state index is 0. The van der Waals surface area contributed by atoms with Crippen molar-refractivity contribution in [1.29, 1.82) is 0 Å². The molecule has 72 valence electrons. The van der Waals surface area contributed by atoms with Gasteiger partial charge in [-0.05, 0) is 0 Å². The van der Waals surface area contributed by atoms with Crippen LogP contribution in [0.2, 0.25) is 0 Å². The second-order valence-corrected chi connectivity index (χ2v) is 2.82. The first-order chi connectivity index (χ1) is 6.38.